The van der Waals surface area contributed by atoms with E-state index in [0.29, 0.717) is 24.5 Å². The Morgan fingerprint density at radius 1 is 1.20 bits per heavy atom. The SMILES string of the molecule is CCC(Oc1ccc(Br)cc1Br)C(=O)CNc1cn(Cc2ccc(OC)cc2)nn1. The van der Waals surface area contributed by atoms with Gasteiger partial charge in [0.15, 0.2) is 17.7 Å². The molecule has 0 aliphatic heterocycles. The van der Waals surface area contributed by atoms with E-state index in [4.69, 9.17) is 9.47 Å². The number of nitrogens with one attached hydrogen (secondary N) is 1. The Bertz CT molecular complexity index is 992. The molecule has 0 aliphatic rings. The standard InChI is InChI=1S/C21H22Br2N4O3/c1-3-19(30-20-9-6-15(22)10-17(20)23)18(28)11-24-21-13-27(26-25-21)12-14-4-7-16(29-2)8-5-14/h4-10,13,19,24H,3,11-12H2,1-2H3. The molecule has 9 heteroatoms. The van der Waals surface area contributed by atoms with Crippen molar-refractivity contribution in [2.45, 2.75) is 26.0 Å². The average Bonchev–Trinajstić information content (AvgIpc) is 3.19. The molecule has 0 saturated heterocycles. The van der Waals surface area contributed by atoms with Crippen LogP contribution in [0.15, 0.2) is 57.6 Å². The number of ketones is 1. The van der Waals surface area contributed by atoms with Gasteiger partial charge in [0.05, 0.1) is 30.9 Å². The summed E-state index contributed by atoms with van der Waals surface area (Å²) in [5.41, 5.74) is 1.07. The third-order valence-corrected chi connectivity index (χ3v) is 5.49. The fourth-order valence-electron chi connectivity index (χ4n) is 2.77. The number of rotatable bonds is 10. The van der Waals surface area contributed by atoms with Crippen LogP contribution >= 0.6 is 31.9 Å². The van der Waals surface area contributed by atoms with Crippen molar-refractivity contribution in [1.82, 2.24) is 15.0 Å². The fraction of sp³-hybridized carbons (Fsp3) is 0.286. The topological polar surface area (TPSA) is 78.3 Å². The van der Waals surface area contributed by atoms with Gasteiger partial charge in [0.1, 0.15) is 11.5 Å². The van der Waals surface area contributed by atoms with Crippen molar-refractivity contribution in [3.63, 3.8) is 0 Å². The summed E-state index contributed by atoms with van der Waals surface area (Å²) in [6.07, 6.45) is 1.78. The van der Waals surface area contributed by atoms with Crippen LogP contribution in [0.4, 0.5) is 5.82 Å². The van der Waals surface area contributed by atoms with E-state index < -0.39 is 6.10 Å². The summed E-state index contributed by atoms with van der Waals surface area (Å²) in [6, 6.07) is 13.3. The lowest BCUT2D eigenvalue weighted by molar-refractivity contribution is -0.124. The first-order chi connectivity index (χ1) is 14.5. The highest BCUT2D eigenvalue weighted by molar-refractivity contribution is 9.11. The molecular formula is C21H22Br2N4O3. The molecule has 1 atom stereocenters. The third-order valence-electron chi connectivity index (χ3n) is 4.38. The van der Waals surface area contributed by atoms with Gasteiger partial charge in [0.25, 0.3) is 0 Å². The maximum Gasteiger partial charge on any atom is 0.192 e. The molecule has 1 heterocycles. The molecule has 0 saturated carbocycles. The van der Waals surface area contributed by atoms with E-state index in [0.717, 1.165) is 20.3 Å². The minimum absolute atomic E-state index is 0.0583. The van der Waals surface area contributed by atoms with Crippen LogP contribution in [0.2, 0.25) is 0 Å². The quantitative estimate of drug-likeness (QED) is 0.404. The van der Waals surface area contributed by atoms with E-state index in [1.165, 1.54) is 0 Å². The first-order valence-electron chi connectivity index (χ1n) is 9.40. The largest absolute Gasteiger partial charge is 0.497 e. The van der Waals surface area contributed by atoms with Gasteiger partial charge in [-0.15, -0.1) is 5.10 Å². The Morgan fingerprint density at radius 3 is 2.63 bits per heavy atom. The van der Waals surface area contributed by atoms with E-state index in [-0.39, 0.29) is 12.3 Å². The second kappa shape index (κ2) is 10.6. The number of hydrogen-bond acceptors (Lipinski definition) is 6. The lowest BCUT2D eigenvalue weighted by Gasteiger charge is -2.17. The number of anilines is 1. The van der Waals surface area contributed by atoms with Gasteiger partial charge in [-0.05, 0) is 58.2 Å². The molecule has 2 aromatic carbocycles. The zero-order valence-corrected chi connectivity index (χ0v) is 19.8. The molecule has 0 spiro atoms. The van der Waals surface area contributed by atoms with Gasteiger partial charge in [-0.3, -0.25) is 4.79 Å². The van der Waals surface area contributed by atoms with Gasteiger partial charge in [0, 0.05) is 4.47 Å². The van der Waals surface area contributed by atoms with Crippen LogP contribution in [0.25, 0.3) is 0 Å². The highest BCUT2D eigenvalue weighted by Crippen LogP contribution is 2.29. The number of carbonyl (C=O) groups is 1. The van der Waals surface area contributed by atoms with E-state index in [2.05, 4.69) is 47.5 Å². The lowest BCUT2D eigenvalue weighted by atomic mass is 10.2. The highest BCUT2D eigenvalue weighted by Gasteiger charge is 2.19. The Kier molecular flexibility index (Phi) is 7.87. The second-order valence-electron chi connectivity index (χ2n) is 6.56. The fourth-order valence-corrected chi connectivity index (χ4v) is 3.91. The molecule has 30 heavy (non-hydrogen) atoms. The van der Waals surface area contributed by atoms with E-state index in [1.807, 2.05) is 49.4 Å². The van der Waals surface area contributed by atoms with Crippen molar-refractivity contribution in [3.8, 4) is 11.5 Å². The van der Waals surface area contributed by atoms with Crippen molar-refractivity contribution in [2.75, 3.05) is 19.0 Å². The summed E-state index contributed by atoms with van der Waals surface area (Å²) in [4.78, 5) is 12.6. The van der Waals surface area contributed by atoms with Crippen LogP contribution in [-0.4, -0.2) is 40.5 Å². The van der Waals surface area contributed by atoms with E-state index in [9.17, 15) is 4.79 Å². The Morgan fingerprint density at radius 2 is 1.97 bits per heavy atom. The molecule has 0 bridgehead atoms. The highest BCUT2D eigenvalue weighted by atomic mass is 79.9. The van der Waals surface area contributed by atoms with Crippen molar-refractivity contribution in [3.05, 3.63) is 63.2 Å². The number of benzene rings is 2. The number of nitrogens with zero attached hydrogens (tertiary/aromatic N) is 3. The molecule has 0 fully saturated rings. The van der Waals surface area contributed by atoms with Crippen molar-refractivity contribution < 1.29 is 14.3 Å². The van der Waals surface area contributed by atoms with Crippen molar-refractivity contribution in [2.24, 2.45) is 0 Å². The molecule has 158 valence electrons. The maximum absolute atomic E-state index is 12.6. The molecule has 0 amide bonds. The summed E-state index contributed by atoms with van der Waals surface area (Å²) in [7, 11) is 1.64. The summed E-state index contributed by atoms with van der Waals surface area (Å²) < 4.78 is 14.5. The predicted octanol–water partition coefficient (Wildman–Crippen LogP) is 4.70. The zero-order valence-electron chi connectivity index (χ0n) is 16.6. The third kappa shape index (κ3) is 6.06. The summed E-state index contributed by atoms with van der Waals surface area (Å²) >= 11 is 6.86. The molecule has 1 aromatic heterocycles. The summed E-state index contributed by atoms with van der Waals surface area (Å²) in [5, 5.41) is 11.2. The average molecular weight is 538 g/mol. The van der Waals surface area contributed by atoms with Gasteiger partial charge in [-0.25, -0.2) is 4.68 Å². The maximum atomic E-state index is 12.6. The second-order valence-corrected chi connectivity index (χ2v) is 8.33. The number of hydrogen-bond donors (Lipinski definition) is 1. The van der Waals surface area contributed by atoms with E-state index >= 15 is 0 Å². The van der Waals surface area contributed by atoms with Crippen molar-refractivity contribution in [1.29, 1.82) is 0 Å². The summed E-state index contributed by atoms with van der Waals surface area (Å²) in [6.45, 7) is 2.60. The molecule has 7 nitrogen and oxygen atoms in total. The molecule has 3 rings (SSSR count). The molecule has 0 aliphatic carbocycles. The van der Waals surface area contributed by atoms with Crippen LogP contribution in [0.3, 0.4) is 0 Å². The molecule has 0 radical (unpaired) electrons. The van der Waals surface area contributed by atoms with Gasteiger partial charge >= 0.3 is 0 Å². The van der Waals surface area contributed by atoms with E-state index in [1.54, 1.807) is 18.0 Å². The molecule has 3 aromatic rings. The van der Waals surface area contributed by atoms with Gasteiger partial charge in [0.2, 0.25) is 0 Å². The van der Waals surface area contributed by atoms with Crippen molar-refractivity contribution >= 4 is 43.5 Å². The van der Waals surface area contributed by atoms with Crippen LogP contribution < -0.4 is 14.8 Å². The van der Waals surface area contributed by atoms with Crippen LogP contribution in [-0.2, 0) is 11.3 Å². The predicted molar refractivity (Wildman–Crippen MR) is 122 cm³/mol. The molecule has 1 unspecified atom stereocenters. The molecular weight excluding hydrogens is 516 g/mol. The van der Waals surface area contributed by atoms with Crippen LogP contribution in [0, 0.1) is 0 Å². The van der Waals surface area contributed by atoms with Crippen LogP contribution in [0.1, 0.15) is 18.9 Å². The Hall–Kier alpha value is -2.39. The van der Waals surface area contributed by atoms with Gasteiger partial charge in [-0.2, -0.15) is 0 Å². The Balaban J connectivity index is 1.54. The minimum atomic E-state index is -0.552. The number of aromatic nitrogens is 3. The minimum Gasteiger partial charge on any atom is -0.497 e. The zero-order chi connectivity index (χ0) is 21.5. The number of ether oxygens (including phenoxy) is 2. The summed E-state index contributed by atoms with van der Waals surface area (Å²) in [5.74, 6) is 1.92. The normalized spacial score (nSPS) is 11.7. The van der Waals surface area contributed by atoms with Crippen LogP contribution in [0.5, 0.6) is 11.5 Å². The van der Waals surface area contributed by atoms with Gasteiger partial charge in [-0.1, -0.05) is 40.2 Å². The van der Waals surface area contributed by atoms with Gasteiger partial charge < -0.3 is 14.8 Å². The number of carbonyl (C=O) groups excluding carboxylic acids is 1. The monoisotopic (exact) mass is 536 g/mol. The number of halogens is 2. The molecule has 1 N–H and O–H groups in total. The Labute approximate surface area is 192 Å². The first-order valence-corrected chi connectivity index (χ1v) is 11.0. The smallest absolute Gasteiger partial charge is 0.192 e. The number of Topliss-reactive ketones (excluding diaryl/α,β-unsaturated/α-hetero) is 1. The first kappa shape index (κ1) is 22.3. The number of methoxy groups -OCH3 is 1. The lowest BCUT2D eigenvalue weighted by Crippen LogP contribution is -2.32.